The van der Waals surface area contributed by atoms with Crippen LogP contribution in [-0.2, 0) is 19.9 Å². The van der Waals surface area contributed by atoms with Crippen molar-refractivity contribution in [1.29, 1.82) is 0 Å². The highest BCUT2D eigenvalue weighted by Crippen LogP contribution is 2.30. The number of phenolic OH excluding ortho intramolecular Hbond substituents is 1. The summed E-state index contributed by atoms with van der Waals surface area (Å²) < 4.78 is 1.81. The molecule has 0 saturated heterocycles. The Morgan fingerprint density at radius 2 is 1.76 bits per heavy atom. The van der Waals surface area contributed by atoms with Crippen LogP contribution < -0.4 is 5.32 Å². The van der Waals surface area contributed by atoms with Crippen molar-refractivity contribution in [3.63, 3.8) is 0 Å². The predicted octanol–water partition coefficient (Wildman–Crippen LogP) is 7.17. The summed E-state index contributed by atoms with van der Waals surface area (Å²) in [4.78, 5) is 13.4. The van der Waals surface area contributed by atoms with Gasteiger partial charge in [0.25, 0.3) is 0 Å². The van der Waals surface area contributed by atoms with Crippen LogP contribution in [0.5, 0.6) is 5.75 Å². The molecule has 0 radical (unpaired) electrons. The fraction of sp³-hybridized carbons (Fsp3) is 0.312. The minimum Gasteiger partial charge on any atom is -0.508 e. The molecular weight excluding hydrogens is 458 g/mol. The maximum atomic E-state index is 13.4. The lowest BCUT2D eigenvalue weighted by atomic mass is 9.87. The first-order valence-corrected chi connectivity index (χ1v) is 13.2. The number of aromatic nitrogens is 2. The molecule has 0 fully saturated rings. The number of aromatic hydroxyl groups is 1. The molecule has 4 aromatic rings. The Kier molecular flexibility index (Phi) is 8.78. The Balaban J connectivity index is 1.46. The molecule has 0 spiro atoms. The highest BCUT2D eigenvalue weighted by Gasteiger charge is 2.18. The zero-order valence-corrected chi connectivity index (χ0v) is 22.1. The minimum absolute atomic E-state index is 0.152. The zero-order valence-electron chi connectivity index (χ0n) is 22.1. The van der Waals surface area contributed by atoms with Gasteiger partial charge in [0, 0.05) is 43.5 Å². The number of hydrogen-bond acceptors (Lipinski definition) is 4. The van der Waals surface area contributed by atoms with E-state index in [-0.39, 0.29) is 17.5 Å². The molecule has 2 N–H and O–H groups in total. The average Bonchev–Trinajstić information content (AvgIpc) is 3.36. The summed E-state index contributed by atoms with van der Waals surface area (Å²) in [7, 11) is 3.85. The Morgan fingerprint density at radius 3 is 2.41 bits per heavy atom. The molecule has 1 aromatic heterocycles. The van der Waals surface area contributed by atoms with Gasteiger partial charge in [0.05, 0.1) is 6.20 Å². The van der Waals surface area contributed by atoms with Crippen LogP contribution in [0.15, 0.2) is 79.1 Å². The van der Waals surface area contributed by atoms with Crippen LogP contribution in [0.25, 0.3) is 11.1 Å². The molecule has 0 unspecified atom stereocenters. The van der Waals surface area contributed by atoms with Gasteiger partial charge in [0.2, 0.25) is 0 Å². The van der Waals surface area contributed by atoms with Crippen molar-refractivity contribution in [3.05, 3.63) is 101 Å². The van der Waals surface area contributed by atoms with Crippen molar-refractivity contribution < 1.29 is 9.90 Å². The van der Waals surface area contributed by atoms with Crippen LogP contribution in [0, 0.1) is 0 Å². The third kappa shape index (κ3) is 6.88. The highest BCUT2D eigenvalue weighted by atomic mass is 16.3. The van der Waals surface area contributed by atoms with E-state index < -0.39 is 0 Å². The van der Waals surface area contributed by atoms with Gasteiger partial charge in [0.15, 0.2) is 5.78 Å². The second-order valence-corrected chi connectivity index (χ2v) is 9.78. The number of anilines is 1. The fourth-order valence-electron chi connectivity index (χ4n) is 4.86. The topological polar surface area (TPSA) is 67.2 Å². The predicted molar refractivity (Wildman–Crippen MR) is 151 cm³/mol. The average molecular weight is 496 g/mol. The number of hydrogen-bond donors (Lipinski definition) is 2. The van der Waals surface area contributed by atoms with Gasteiger partial charge < -0.3 is 10.4 Å². The molecule has 0 aliphatic rings. The monoisotopic (exact) mass is 495 g/mol. The summed E-state index contributed by atoms with van der Waals surface area (Å²) in [6.45, 7) is 2.17. The molecule has 37 heavy (non-hydrogen) atoms. The summed E-state index contributed by atoms with van der Waals surface area (Å²) in [5.41, 5.74) is 7.62. The second-order valence-electron chi connectivity index (χ2n) is 9.78. The molecule has 5 heteroatoms. The van der Waals surface area contributed by atoms with Crippen molar-refractivity contribution in [1.82, 2.24) is 9.78 Å². The molecule has 0 aliphatic heterocycles. The van der Waals surface area contributed by atoms with Gasteiger partial charge in [-0.15, -0.1) is 0 Å². The largest absolute Gasteiger partial charge is 0.508 e. The number of phenols is 1. The number of rotatable bonds is 12. The molecule has 3 aromatic carbocycles. The maximum absolute atomic E-state index is 13.4. The lowest BCUT2D eigenvalue weighted by Gasteiger charge is -2.18. The quantitative estimate of drug-likeness (QED) is 0.205. The smallest absolute Gasteiger partial charge is 0.163 e. The van der Waals surface area contributed by atoms with Gasteiger partial charge in [-0.05, 0) is 77.8 Å². The molecule has 1 atom stereocenters. The first-order chi connectivity index (χ1) is 18.0. The van der Waals surface area contributed by atoms with Gasteiger partial charge in [-0.3, -0.25) is 9.48 Å². The third-order valence-electron chi connectivity index (χ3n) is 7.07. The summed E-state index contributed by atoms with van der Waals surface area (Å²) in [6, 6.07) is 22.0. The van der Waals surface area contributed by atoms with E-state index >= 15 is 0 Å². The molecule has 5 nitrogen and oxygen atoms in total. The van der Waals surface area contributed by atoms with E-state index in [0.29, 0.717) is 6.42 Å². The number of ketones is 1. The Labute approximate surface area is 220 Å². The van der Waals surface area contributed by atoms with E-state index in [2.05, 4.69) is 47.7 Å². The lowest BCUT2D eigenvalue weighted by molar-refractivity contribution is 0.0972. The Bertz CT molecular complexity index is 1310. The van der Waals surface area contributed by atoms with Crippen LogP contribution in [0.4, 0.5) is 5.69 Å². The number of carbonyl (C=O) groups excluding carboxylic acids is 1. The Hall–Kier alpha value is -3.86. The van der Waals surface area contributed by atoms with Crippen LogP contribution in [-0.4, -0.2) is 27.7 Å². The fourth-order valence-corrected chi connectivity index (χ4v) is 4.86. The summed E-state index contributed by atoms with van der Waals surface area (Å²) >= 11 is 0. The number of Topliss-reactive ketones (excluding diaryl/α,β-unsaturated/α-hetero) is 1. The van der Waals surface area contributed by atoms with E-state index in [9.17, 15) is 9.90 Å². The van der Waals surface area contributed by atoms with Gasteiger partial charge in [0.1, 0.15) is 5.75 Å². The van der Waals surface area contributed by atoms with Gasteiger partial charge in [-0.25, -0.2) is 0 Å². The van der Waals surface area contributed by atoms with Crippen molar-refractivity contribution >= 4 is 11.5 Å². The number of carbonyl (C=O) groups is 1. The van der Waals surface area contributed by atoms with E-state index in [1.807, 2.05) is 55.4 Å². The Morgan fingerprint density at radius 1 is 1.00 bits per heavy atom. The first-order valence-electron chi connectivity index (χ1n) is 13.2. The molecule has 4 rings (SSSR count). The molecule has 0 saturated carbocycles. The van der Waals surface area contributed by atoms with E-state index in [0.717, 1.165) is 65.6 Å². The SMILES string of the molecule is CCCC[C@H](CC(=O)c1ccc(NC)c(CCc2ccc(-c3cnn(C)c3)cc2)c1)c1ccc(O)cc1. The minimum atomic E-state index is 0.152. The molecule has 0 bridgehead atoms. The van der Waals surface area contributed by atoms with Crippen molar-refractivity contribution in [2.75, 3.05) is 12.4 Å². The second kappa shape index (κ2) is 12.4. The summed E-state index contributed by atoms with van der Waals surface area (Å²) in [5, 5.41) is 17.2. The summed E-state index contributed by atoms with van der Waals surface area (Å²) in [5.74, 6) is 0.570. The highest BCUT2D eigenvalue weighted by molar-refractivity contribution is 5.97. The zero-order chi connectivity index (χ0) is 26.2. The van der Waals surface area contributed by atoms with E-state index in [1.54, 1.807) is 12.1 Å². The first kappa shape index (κ1) is 26.2. The van der Waals surface area contributed by atoms with Crippen molar-refractivity contribution in [3.8, 4) is 16.9 Å². The number of nitrogens with zero attached hydrogens (tertiary/aromatic N) is 2. The van der Waals surface area contributed by atoms with Crippen molar-refractivity contribution in [2.45, 2.75) is 51.4 Å². The molecule has 1 heterocycles. The summed E-state index contributed by atoms with van der Waals surface area (Å²) in [6.07, 6.45) is 9.24. The van der Waals surface area contributed by atoms with Crippen LogP contribution in [0.1, 0.15) is 65.6 Å². The number of benzene rings is 3. The van der Waals surface area contributed by atoms with Gasteiger partial charge in [-0.2, -0.15) is 5.10 Å². The van der Waals surface area contributed by atoms with E-state index in [1.165, 1.54) is 5.56 Å². The van der Waals surface area contributed by atoms with Gasteiger partial charge in [-0.1, -0.05) is 56.2 Å². The van der Waals surface area contributed by atoms with Crippen LogP contribution in [0.3, 0.4) is 0 Å². The standard InChI is InChI=1S/C32H37N3O2/c1-4-5-6-26(24-13-16-30(36)17-14-24)20-32(37)28-15-18-31(33-2)27(19-28)12-9-23-7-10-25(11-8-23)29-21-34-35(3)22-29/h7-8,10-11,13-19,21-22,26,33,36H,4-6,9,12,20H2,1-3H3/t26-/m1/s1. The van der Waals surface area contributed by atoms with Crippen molar-refractivity contribution in [2.24, 2.45) is 7.05 Å². The maximum Gasteiger partial charge on any atom is 0.163 e. The number of nitrogens with one attached hydrogen (secondary N) is 1. The third-order valence-corrected chi connectivity index (χ3v) is 7.07. The van der Waals surface area contributed by atoms with Crippen LogP contribution in [0.2, 0.25) is 0 Å². The lowest BCUT2D eigenvalue weighted by Crippen LogP contribution is -2.09. The number of unbranched alkanes of at least 4 members (excludes halogenated alkanes) is 1. The molecule has 192 valence electrons. The molecule has 0 amide bonds. The number of aryl methyl sites for hydroxylation is 3. The molecule has 0 aliphatic carbocycles. The van der Waals surface area contributed by atoms with Gasteiger partial charge >= 0.3 is 0 Å². The van der Waals surface area contributed by atoms with Crippen LogP contribution >= 0.6 is 0 Å². The normalized spacial score (nSPS) is 11.9. The van der Waals surface area contributed by atoms with E-state index in [4.69, 9.17) is 0 Å². The molecular formula is C32H37N3O2.